The molecule has 1 fully saturated rings. The monoisotopic (exact) mass is 249 g/mol. The molecule has 1 aliphatic rings. The third kappa shape index (κ3) is 2.64. The van der Waals surface area contributed by atoms with Crippen molar-refractivity contribution in [2.45, 2.75) is 25.3 Å². The molecule has 0 amide bonds. The highest BCUT2D eigenvalue weighted by molar-refractivity contribution is 5.78. The van der Waals surface area contributed by atoms with Gasteiger partial charge in [-0.2, -0.15) is 0 Å². The van der Waals surface area contributed by atoms with Crippen molar-refractivity contribution in [1.82, 2.24) is 5.32 Å². The summed E-state index contributed by atoms with van der Waals surface area (Å²) in [5.41, 5.74) is 0.453. The fourth-order valence-corrected chi connectivity index (χ4v) is 2.49. The molecule has 0 aliphatic carbocycles. The molecule has 1 saturated heterocycles. The lowest BCUT2D eigenvalue weighted by molar-refractivity contribution is -0.143. The van der Waals surface area contributed by atoms with Crippen LogP contribution in [0.5, 0.6) is 5.75 Å². The number of nitrogens with one attached hydrogen (secondary N) is 1. The predicted molar refractivity (Wildman–Crippen MR) is 68.8 cm³/mol. The van der Waals surface area contributed by atoms with Gasteiger partial charge in [0, 0.05) is 0 Å². The number of benzene rings is 1. The van der Waals surface area contributed by atoms with Gasteiger partial charge in [-0.25, -0.2) is 0 Å². The number of hydrogen-bond donors (Lipinski definition) is 2. The third-order valence-corrected chi connectivity index (χ3v) is 3.63. The summed E-state index contributed by atoms with van der Waals surface area (Å²) in [6.45, 7) is 2.51. The number of carboxylic acids is 1. The number of hydrogen-bond acceptors (Lipinski definition) is 3. The molecule has 2 rings (SSSR count). The normalized spacial score (nSPS) is 27.1. The number of carboxylic acid groups (broad SMARTS) is 1. The fraction of sp³-hybridized carbons (Fsp3) is 0.500. The van der Waals surface area contributed by atoms with Crippen LogP contribution in [0.15, 0.2) is 24.3 Å². The Kier molecular flexibility index (Phi) is 3.57. The van der Waals surface area contributed by atoms with Crippen LogP contribution < -0.4 is 10.1 Å². The molecule has 98 valence electrons. The molecule has 2 atom stereocenters. The summed E-state index contributed by atoms with van der Waals surface area (Å²) in [5, 5.41) is 12.2. The first-order chi connectivity index (χ1) is 8.53. The molecule has 1 aromatic carbocycles. The van der Waals surface area contributed by atoms with Crippen molar-refractivity contribution < 1.29 is 14.6 Å². The lowest BCUT2D eigenvalue weighted by atomic mass is 9.91. The molecule has 0 aromatic heterocycles. The van der Waals surface area contributed by atoms with E-state index in [9.17, 15) is 4.79 Å². The van der Waals surface area contributed by atoms with Crippen LogP contribution in [0.2, 0.25) is 0 Å². The highest BCUT2D eigenvalue weighted by Gasteiger charge is 2.40. The summed E-state index contributed by atoms with van der Waals surface area (Å²) >= 11 is 0. The van der Waals surface area contributed by atoms with Crippen molar-refractivity contribution >= 4 is 5.97 Å². The van der Waals surface area contributed by atoms with Gasteiger partial charge in [0.05, 0.1) is 7.11 Å². The van der Waals surface area contributed by atoms with Gasteiger partial charge >= 0.3 is 5.97 Å². The Morgan fingerprint density at radius 2 is 2.17 bits per heavy atom. The smallest absolute Gasteiger partial charge is 0.323 e. The molecule has 0 saturated carbocycles. The number of methoxy groups -OCH3 is 1. The topological polar surface area (TPSA) is 58.6 Å². The Bertz CT molecular complexity index is 429. The summed E-state index contributed by atoms with van der Waals surface area (Å²) < 4.78 is 5.11. The minimum Gasteiger partial charge on any atom is -0.497 e. The Balaban J connectivity index is 1.97. The Morgan fingerprint density at radius 1 is 1.50 bits per heavy atom. The van der Waals surface area contributed by atoms with Gasteiger partial charge in [-0.05, 0) is 49.9 Å². The molecule has 4 heteroatoms. The third-order valence-electron chi connectivity index (χ3n) is 3.63. The summed E-state index contributed by atoms with van der Waals surface area (Å²) in [4.78, 5) is 11.1. The van der Waals surface area contributed by atoms with Gasteiger partial charge < -0.3 is 15.2 Å². The van der Waals surface area contributed by atoms with E-state index in [1.165, 1.54) is 5.56 Å². The van der Waals surface area contributed by atoms with Gasteiger partial charge in [0.1, 0.15) is 11.3 Å². The highest BCUT2D eigenvalue weighted by Crippen LogP contribution is 2.27. The van der Waals surface area contributed by atoms with Crippen LogP contribution in [-0.4, -0.2) is 30.3 Å². The molecule has 18 heavy (non-hydrogen) atoms. The molecular formula is C14H19NO3. The van der Waals surface area contributed by atoms with E-state index in [1.807, 2.05) is 24.3 Å². The fourth-order valence-electron chi connectivity index (χ4n) is 2.49. The van der Waals surface area contributed by atoms with Crippen molar-refractivity contribution in [2.24, 2.45) is 5.92 Å². The van der Waals surface area contributed by atoms with Crippen LogP contribution in [0, 0.1) is 5.92 Å². The van der Waals surface area contributed by atoms with Crippen LogP contribution in [-0.2, 0) is 11.2 Å². The molecule has 4 nitrogen and oxygen atoms in total. The zero-order valence-corrected chi connectivity index (χ0v) is 10.8. The molecule has 2 N–H and O–H groups in total. The summed E-state index contributed by atoms with van der Waals surface area (Å²) in [6.07, 6.45) is 1.58. The quantitative estimate of drug-likeness (QED) is 0.852. The maximum atomic E-state index is 11.1. The maximum absolute atomic E-state index is 11.1. The summed E-state index contributed by atoms with van der Waals surface area (Å²) in [7, 11) is 1.65. The van der Waals surface area contributed by atoms with Crippen LogP contribution in [0.1, 0.15) is 18.9 Å². The molecule has 0 bridgehead atoms. The number of aliphatic carboxylic acids is 1. The van der Waals surface area contributed by atoms with Gasteiger partial charge in [-0.3, -0.25) is 4.79 Å². The second kappa shape index (κ2) is 4.98. The zero-order valence-electron chi connectivity index (χ0n) is 10.8. The molecule has 0 radical (unpaired) electrons. The number of carbonyl (C=O) groups is 1. The molecule has 1 aliphatic heterocycles. The second-order valence-electron chi connectivity index (χ2n) is 5.14. The number of rotatable bonds is 4. The second-order valence-corrected chi connectivity index (χ2v) is 5.14. The lowest BCUT2D eigenvalue weighted by Gasteiger charge is -2.18. The summed E-state index contributed by atoms with van der Waals surface area (Å²) in [5.74, 6) is 0.456. The van der Waals surface area contributed by atoms with E-state index in [0.29, 0.717) is 12.3 Å². The van der Waals surface area contributed by atoms with Gasteiger partial charge in [-0.1, -0.05) is 12.1 Å². The van der Waals surface area contributed by atoms with Crippen molar-refractivity contribution in [3.05, 3.63) is 29.8 Å². The van der Waals surface area contributed by atoms with Gasteiger partial charge in [0.25, 0.3) is 0 Å². The van der Waals surface area contributed by atoms with Crippen LogP contribution in [0.3, 0.4) is 0 Å². The largest absolute Gasteiger partial charge is 0.497 e. The standard InChI is InChI=1S/C14H19NO3/c1-14(13(16)17)8-11(9-15-14)7-10-3-5-12(18-2)6-4-10/h3-6,11,15H,7-9H2,1-2H3,(H,16,17). The van der Waals surface area contributed by atoms with Gasteiger partial charge in [0.2, 0.25) is 0 Å². The van der Waals surface area contributed by atoms with E-state index < -0.39 is 11.5 Å². The maximum Gasteiger partial charge on any atom is 0.323 e. The van der Waals surface area contributed by atoms with E-state index in [-0.39, 0.29) is 0 Å². The average Bonchev–Trinajstić information content (AvgIpc) is 2.73. The Hall–Kier alpha value is -1.55. The molecule has 2 unspecified atom stereocenters. The number of ether oxygens (including phenoxy) is 1. The van der Waals surface area contributed by atoms with E-state index >= 15 is 0 Å². The molecule has 0 spiro atoms. The lowest BCUT2D eigenvalue weighted by Crippen LogP contribution is -2.44. The molecular weight excluding hydrogens is 230 g/mol. The zero-order chi connectivity index (χ0) is 13.2. The van der Waals surface area contributed by atoms with Crippen molar-refractivity contribution in [3.63, 3.8) is 0 Å². The van der Waals surface area contributed by atoms with Crippen LogP contribution in [0.4, 0.5) is 0 Å². The predicted octanol–water partition coefficient (Wildman–Crippen LogP) is 1.69. The minimum atomic E-state index is -0.767. The van der Waals surface area contributed by atoms with Gasteiger partial charge in [-0.15, -0.1) is 0 Å². The van der Waals surface area contributed by atoms with E-state index in [2.05, 4.69) is 5.32 Å². The van der Waals surface area contributed by atoms with Gasteiger partial charge in [0.15, 0.2) is 0 Å². The highest BCUT2D eigenvalue weighted by atomic mass is 16.5. The van der Waals surface area contributed by atoms with E-state index in [1.54, 1.807) is 14.0 Å². The Morgan fingerprint density at radius 3 is 2.67 bits per heavy atom. The molecule has 1 heterocycles. The first-order valence-electron chi connectivity index (χ1n) is 6.15. The van der Waals surface area contributed by atoms with Crippen molar-refractivity contribution in [3.8, 4) is 5.75 Å². The van der Waals surface area contributed by atoms with Crippen molar-refractivity contribution in [2.75, 3.05) is 13.7 Å². The van der Waals surface area contributed by atoms with Crippen LogP contribution in [0.25, 0.3) is 0 Å². The summed E-state index contributed by atoms with van der Waals surface area (Å²) in [6, 6.07) is 7.95. The van der Waals surface area contributed by atoms with E-state index in [4.69, 9.17) is 9.84 Å². The van der Waals surface area contributed by atoms with Crippen molar-refractivity contribution in [1.29, 1.82) is 0 Å². The van der Waals surface area contributed by atoms with E-state index in [0.717, 1.165) is 18.7 Å². The first-order valence-corrected chi connectivity index (χ1v) is 6.15. The first kappa shape index (κ1) is 12.9. The SMILES string of the molecule is COc1ccc(CC2CNC(C)(C(=O)O)C2)cc1. The molecule has 1 aromatic rings. The average molecular weight is 249 g/mol. The Labute approximate surface area is 107 Å². The van der Waals surface area contributed by atoms with Crippen LogP contribution >= 0.6 is 0 Å². The minimum absolute atomic E-state index is 0.375.